The second kappa shape index (κ2) is 5.35. The molecule has 1 saturated heterocycles. The van der Waals surface area contributed by atoms with Gasteiger partial charge in [-0.15, -0.1) is 0 Å². The minimum absolute atomic E-state index is 0.218. The second-order valence-electron chi connectivity index (χ2n) is 4.95. The van der Waals surface area contributed by atoms with Crippen molar-refractivity contribution in [2.75, 3.05) is 19.7 Å². The second-order valence-corrected chi connectivity index (χ2v) is 4.95. The molecule has 0 unspecified atom stereocenters. The number of hydrogen-bond acceptors (Lipinski definition) is 4. The van der Waals surface area contributed by atoms with Crippen LogP contribution in [0.15, 0.2) is 0 Å². The van der Waals surface area contributed by atoms with Crippen molar-refractivity contribution in [3.05, 3.63) is 0 Å². The minimum atomic E-state index is -0.990. The number of ether oxygens (including phenoxy) is 2. The molecule has 1 amide bonds. The van der Waals surface area contributed by atoms with E-state index in [0.29, 0.717) is 13.1 Å². The van der Waals surface area contributed by atoms with Crippen molar-refractivity contribution in [1.29, 1.82) is 0 Å². The van der Waals surface area contributed by atoms with Gasteiger partial charge in [0.2, 0.25) is 0 Å². The highest BCUT2D eigenvalue weighted by Gasteiger charge is 2.27. The summed E-state index contributed by atoms with van der Waals surface area (Å²) in [6.07, 6.45) is -0.969. The molecule has 0 aromatic heterocycles. The van der Waals surface area contributed by atoms with Gasteiger partial charge in [0.15, 0.2) is 6.10 Å². The maximum Gasteiger partial charge on any atom is 0.410 e. The van der Waals surface area contributed by atoms with Crippen LogP contribution < -0.4 is 0 Å². The lowest BCUT2D eigenvalue weighted by Crippen LogP contribution is -2.38. The van der Waals surface area contributed by atoms with Crippen LogP contribution in [0.5, 0.6) is 0 Å². The zero-order chi connectivity index (χ0) is 13.1. The van der Waals surface area contributed by atoms with E-state index in [1.165, 1.54) is 4.90 Å². The van der Waals surface area contributed by atoms with Crippen molar-refractivity contribution < 1.29 is 24.2 Å². The number of carboxylic acids is 1. The molecule has 1 heterocycles. The van der Waals surface area contributed by atoms with Gasteiger partial charge in [-0.2, -0.15) is 0 Å². The maximum atomic E-state index is 11.7. The number of carbonyl (C=O) groups is 2. The highest BCUT2D eigenvalue weighted by Crippen LogP contribution is 2.13. The maximum absolute atomic E-state index is 11.7. The zero-order valence-electron chi connectivity index (χ0n) is 10.4. The molecule has 1 rings (SSSR count). The molecule has 0 aliphatic carbocycles. The Kier molecular flexibility index (Phi) is 4.34. The Morgan fingerprint density at radius 1 is 1.35 bits per heavy atom. The Balaban J connectivity index is 2.51. The standard InChI is InChI=1S/C11H19NO5/c1-11(2,3)17-10(15)12-5-4-8(9(13)14)16-7-6-12/h8H,4-7H2,1-3H3,(H,13,14)/t8-/m1/s1. The highest BCUT2D eigenvalue weighted by atomic mass is 16.6. The largest absolute Gasteiger partial charge is 0.479 e. The molecule has 0 aromatic rings. The van der Waals surface area contributed by atoms with Crippen molar-refractivity contribution in [3.8, 4) is 0 Å². The van der Waals surface area contributed by atoms with E-state index in [1.807, 2.05) is 0 Å². The molecule has 1 N–H and O–H groups in total. The van der Waals surface area contributed by atoms with Gasteiger partial charge >= 0.3 is 12.1 Å². The fourth-order valence-electron chi connectivity index (χ4n) is 1.48. The number of carboxylic acid groups (broad SMARTS) is 1. The average molecular weight is 245 g/mol. The van der Waals surface area contributed by atoms with E-state index in [-0.39, 0.29) is 13.0 Å². The molecule has 0 radical (unpaired) electrons. The summed E-state index contributed by atoms with van der Waals surface area (Å²) in [4.78, 5) is 24.0. The van der Waals surface area contributed by atoms with Crippen LogP contribution in [0, 0.1) is 0 Å². The normalized spacial score (nSPS) is 21.8. The predicted molar refractivity (Wildman–Crippen MR) is 59.8 cm³/mol. The third-order valence-corrected chi connectivity index (χ3v) is 2.27. The molecule has 0 aromatic carbocycles. The smallest absolute Gasteiger partial charge is 0.410 e. The van der Waals surface area contributed by atoms with Crippen LogP contribution in [0.2, 0.25) is 0 Å². The molecule has 1 atom stereocenters. The molecule has 0 saturated carbocycles. The first-order valence-corrected chi connectivity index (χ1v) is 5.62. The summed E-state index contributed by atoms with van der Waals surface area (Å²) in [7, 11) is 0. The van der Waals surface area contributed by atoms with E-state index < -0.39 is 23.8 Å². The third-order valence-electron chi connectivity index (χ3n) is 2.27. The lowest BCUT2D eigenvalue weighted by Gasteiger charge is -2.25. The minimum Gasteiger partial charge on any atom is -0.479 e. The Bertz CT molecular complexity index is 297. The summed E-state index contributed by atoms with van der Waals surface area (Å²) in [6, 6.07) is 0. The molecule has 1 fully saturated rings. The molecule has 17 heavy (non-hydrogen) atoms. The molecule has 1 aliphatic rings. The van der Waals surface area contributed by atoms with Crippen molar-refractivity contribution in [2.24, 2.45) is 0 Å². The SMILES string of the molecule is CC(C)(C)OC(=O)N1CCO[C@@H](C(=O)O)CC1. The summed E-state index contributed by atoms with van der Waals surface area (Å²) in [5.41, 5.74) is -0.545. The van der Waals surface area contributed by atoms with Crippen LogP contribution >= 0.6 is 0 Å². The van der Waals surface area contributed by atoms with E-state index in [4.69, 9.17) is 14.6 Å². The van der Waals surface area contributed by atoms with Crippen molar-refractivity contribution in [1.82, 2.24) is 4.90 Å². The summed E-state index contributed by atoms with van der Waals surface area (Å²) < 4.78 is 10.3. The van der Waals surface area contributed by atoms with E-state index in [9.17, 15) is 9.59 Å². The first kappa shape index (κ1) is 13.8. The Labute approximate surface area is 100 Å². The number of rotatable bonds is 1. The van der Waals surface area contributed by atoms with Crippen LogP contribution in [-0.2, 0) is 14.3 Å². The molecule has 6 heteroatoms. The fourth-order valence-corrected chi connectivity index (χ4v) is 1.48. The summed E-state index contributed by atoms with van der Waals surface area (Å²) in [5, 5.41) is 8.81. The fraction of sp³-hybridized carbons (Fsp3) is 0.818. The van der Waals surface area contributed by atoms with Gasteiger partial charge in [-0.05, 0) is 20.8 Å². The van der Waals surface area contributed by atoms with E-state index in [2.05, 4.69) is 0 Å². The summed E-state index contributed by atoms with van der Waals surface area (Å²) in [6.45, 7) is 6.29. The van der Waals surface area contributed by atoms with Crippen LogP contribution in [0.4, 0.5) is 4.79 Å². The number of carbonyl (C=O) groups excluding carboxylic acids is 1. The van der Waals surface area contributed by atoms with Crippen molar-refractivity contribution >= 4 is 12.1 Å². The molecule has 6 nitrogen and oxygen atoms in total. The first-order chi connectivity index (χ1) is 7.79. The van der Waals surface area contributed by atoms with Gasteiger partial charge in [0.25, 0.3) is 0 Å². The monoisotopic (exact) mass is 245 g/mol. The third kappa shape index (κ3) is 4.60. The van der Waals surface area contributed by atoms with Gasteiger partial charge < -0.3 is 19.5 Å². The van der Waals surface area contributed by atoms with Crippen molar-refractivity contribution in [2.45, 2.75) is 38.9 Å². The topological polar surface area (TPSA) is 76.1 Å². The quantitative estimate of drug-likeness (QED) is 0.748. The number of amides is 1. The lowest BCUT2D eigenvalue weighted by atomic mass is 10.2. The van der Waals surface area contributed by atoms with Crippen LogP contribution in [0.25, 0.3) is 0 Å². The molecule has 0 bridgehead atoms. The molecule has 1 aliphatic heterocycles. The Morgan fingerprint density at radius 3 is 2.53 bits per heavy atom. The number of aliphatic carboxylic acids is 1. The summed E-state index contributed by atoms with van der Waals surface area (Å²) >= 11 is 0. The highest BCUT2D eigenvalue weighted by molar-refractivity contribution is 5.73. The first-order valence-electron chi connectivity index (χ1n) is 5.62. The number of hydrogen-bond donors (Lipinski definition) is 1. The van der Waals surface area contributed by atoms with E-state index >= 15 is 0 Å². The van der Waals surface area contributed by atoms with E-state index in [1.54, 1.807) is 20.8 Å². The van der Waals surface area contributed by atoms with Gasteiger partial charge in [0, 0.05) is 19.5 Å². The van der Waals surface area contributed by atoms with Gasteiger partial charge in [0.05, 0.1) is 6.61 Å². The van der Waals surface area contributed by atoms with Gasteiger partial charge in [0.1, 0.15) is 5.60 Å². The average Bonchev–Trinajstić information content (AvgIpc) is 2.39. The molecule has 0 spiro atoms. The molecular weight excluding hydrogens is 226 g/mol. The zero-order valence-corrected chi connectivity index (χ0v) is 10.4. The Hall–Kier alpha value is -1.30. The molecule has 98 valence electrons. The van der Waals surface area contributed by atoms with Crippen molar-refractivity contribution in [3.63, 3.8) is 0 Å². The van der Waals surface area contributed by atoms with Gasteiger partial charge in [-0.1, -0.05) is 0 Å². The Morgan fingerprint density at radius 2 is 2.00 bits per heavy atom. The van der Waals surface area contributed by atoms with Crippen LogP contribution in [0.1, 0.15) is 27.2 Å². The lowest BCUT2D eigenvalue weighted by molar-refractivity contribution is -0.149. The molecular formula is C11H19NO5. The van der Waals surface area contributed by atoms with Gasteiger partial charge in [-0.3, -0.25) is 0 Å². The van der Waals surface area contributed by atoms with Gasteiger partial charge in [-0.25, -0.2) is 9.59 Å². The summed E-state index contributed by atoms with van der Waals surface area (Å²) in [5.74, 6) is -0.990. The van der Waals surface area contributed by atoms with E-state index in [0.717, 1.165) is 0 Å². The number of nitrogens with zero attached hydrogens (tertiary/aromatic N) is 1. The van der Waals surface area contributed by atoms with Crippen LogP contribution in [-0.4, -0.2) is 53.5 Å². The predicted octanol–water partition coefficient (Wildman–Crippen LogP) is 1.10. The van der Waals surface area contributed by atoms with Crippen LogP contribution in [0.3, 0.4) is 0 Å².